The van der Waals surface area contributed by atoms with E-state index in [1.54, 1.807) is 6.07 Å². The van der Waals surface area contributed by atoms with Gasteiger partial charge in [0.25, 0.3) is 0 Å². The number of amides is 1. The third-order valence-electron chi connectivity index (χ3n) is 1.65. The molecule has 0 saturated carbocycles. The minimum Gasteiger partial charge on any atom is -0.369 e. The molecule has 1 rings (SSSR count). The van der Waals surface area contributed by atoms with Gasteiger partial charge in [0.05, 0.1) is 11.4 Å². The van der Waals surface area contributed by atoms with Crippen molar-refractivity contribution < 1.29 is 4.79 Å². The highest BCUT2D eigenvalue weighted by molar-refractivity contribution is 9.10. The van der Waals surface area contributed by atoms with Crippen LogP contribution in [0, 0.1) is 6.92 Å². The first-order valence-corrected chi connectivity index (χ1v) is 4.90. The standard InChI is InChI=1S/C9H9BrClNO/c1-5-2-6(4-8(12)13)3-7(11)9(5)10/h2-3H,4H2,1H3,(H2,12,13). The normalized spacial score (nSPS) is 10.1. The first kappa shape index (κ1) is 10.5. The van der Waals surface area contributed by atoms with Gasteiger partial charge in [-0.3, -0.25) is 4.79 Å². The zero-order valence-electron chi connectivity index (χ0n) is 7.10. The van der Waals surface area contributed by atoms with Crippen molar-refractivity contribution in [3.63, 3.8) is 0 Å². The molecule has 13 heavy (non-hydrogen) atoms. The Kier molecular flexibility index (Phi) is 3.33. The lowest BCUT2D eigenvalue weighted by atomic mass is 10.1. The van der Waals surface area contributed by atoms with Crippen LogP contribution in [0.15, 0.2) is 16.6 Å². The van der Waals surface area contributed by atoms with Gasteiger partial charge in [0, 0.05) is 4.47 Å². The quantitative estimate of drug-likeness (QED) is 0.874. The van der Waals surface area contributed by atoms with Crippen LogP contribution in [-0.2, 0) is 11.2 Å². The molecule has 1 aromatic rings. The highest BCUT2D eigenvalue weighted by Crippen LogP contribution is 2.27. The fourth-order valence-electron chi connectivity index (χ4n) is 1.10. The maximum absolute atomic E-state index is 10.6. The Balaban J connectivity index is 3.06. The molecule has 0 fully saturated rings. The number of benzene rings is 1. The second-order valence-corrected chi connectivity index (χ2v) is 4.05. The molecule has 0 aliphatic rings. The van der Waals surface area contributed by atoms with E-state index in [1.165, 1.54) is 0 Å². The van der Waals surface area contributed by atoms with Gasteiger partial charge in [-0.25, -0.2) is 0 Å². The molecule has 4 heteroatoms. The zero-order valence-corrected chi connectivity index (χ0v) is 9.45. The van der Waals surface area contributed by atoms with Gasteiger partial charge in [0.2, 0.25) is 5.91 Å². The molecule has 0 aliphatic heterocycles. The lowest BCUT2D eigenvalue weighted by Gasteiger charge is -2.04. The van der Waals surface area contributed by atoms with Crippen LogP contribution in [0.1, 0.15) is 11.1 Å². The second kappa shape index (κ2) is 4.11. The van der Waals surface area contributed by atoms with Crippen molar-refractivity contribution in [3.05, 3.63) is 32.8 Å². The van der Waals surface area contributed by atoms with Crippen LogP contribution in [0.2, 0.25) is 5.02 Å². The van der Waals surface area contributed by atoms with Gasteiger partial charge < -0.3 is 5.73 Å². The van der Waals surface area contributed by atoms with Gasteiger partial charge >= 0.3 is 0 Å². The molecule has 0 atom stereocenters. The van der Waals surface area contributed by atoms with Crippen molar-refractivity contribution in [2.24, 2.45) is 5.73 Å². The molecule has 70 valence electrons. The Hall–Kier alpha value is -0.540. The van der Waals surface area contributed by atoms with E-state index in [9.17, 15) is 4.79 Å². The summed E-state index contributed by atoms with van der Waals surface area (Å²) >= 11 is 9.23. The number of hydrogen-bond donors (Lipinski definition) is 1. The van der Waals surface area contributed by atoms with Crippen LogP contribution < -0.4 is 5.73 Å². The molecule has 0 heterocycles. The SMILES string of the molecule is Cc1cc(CC(N)=O)cc(Cl)c1Br. The van der Waals surface area contributed by atoms with E-state index < -0.39 is 0 Å². The molecule has 0 unspecified atom stereocenters. The van der Waals surface area contributed by atoms with Gasteiger partial charge in [-0.15, -0.1) is 0 Å². The number of carbonyl (C=O) groups is 1. The number of aryl methyl sites for hydroxylation is 1. The van der Waals surface area contributed by atoms with E-state index in [2.05, 4.69) is 15.9 Å². The van der Waals surface area contributed by atoms with Crippen LogP contribution in [0.5, 0.6) is 0 Å². The van der Waals surface area contributed by atoms with Crippen LogP contribution in [-0.4, -0.2) is 5.91 Å². The summed E-state index contributed by atoms with van der Waals surface area (Å²) in [5, 5.41) is 0.608. The van der Waals surface area contributed by atoms with Gasteiger partial charge in [-0.2, -0.15) is 0 Å². The summed E-state index contributed by atoms with van der Waals surface area (Å²) in [6, 6.07) is 3.63. The van der Waals surface area contributed by atoms with Gasteiger partial charge in [0.1, 0.15) is 0 Å². The van der Waals surface area contributed by atoms with E-state index in [0.717, 1.165) is 15.6 Å². The van der Waals surface area contributed by atoms with Crippen molar-refractivity contribution in [2.45, 2.75) is 13.3 Å². The average Bonchev–Trinajstić information content (AvgIpc) is 1.98. The van der Waals surface area contributed by atoms with Crippen molar-refractivity contribution in [1.82, 2.24) is 0 Å². The molecule has 0 bridgehead atoms. The molecule has 1 amide bonds. The Bertz CT molecular complexity index is 328. The number of carbonyl (C=O) groups excluding carboxylic acids is 1. The summed E-state index contributed by atoms with van der Waals surface area (Å²) in [6.07, 6.45) is 0.230. The van der Waals surface area contributed by atoms with Crippen LogP contribution >= 0.6 is 27.5 Å². The molecular formula is C9H9BrClNO. The molecule has 0 spiro atoms. The summed E-state index contributed by atoms with van der Waals surface area (Å²) in [6.45, 7) is 1.92. The zero-order chi connectivity index (χ0) is 10.0. The highest BCUT2D eigenvalue weighted by Gasteiger charge is 2.05. The fraction of sp³-hybridized carbons (Fsp3) is 0.222. The third kappa shape index (κ3) is 2.71. The van der Waals surface area contributed by atoms with Gasteiger partial charge in [-0.05, 0) is 40.0 Å². The van der Waals surface area contributed by atoms with Crippen molar-refractivity contribution in [1.29, 1.82) is 0 Å². The Labute approximate surface area is 90.2 Å². The van der Waals surface area contributed by atoms with Crippen molar-refractivity contribution in [3.8, 4) is 0 Å². The first-order chi connectivity index (χ1) is 6.00. The largest absolute Gasteiger partial charge is 0.369 e. The summed E-state index contributed by atoms with van der Waals surface area (Å²) < 4.78 is 0.863. The Morgan fingerprint density at radius 2 is 2.23 bits per heavy atom. The number of halogens is 2. The summed E-state index contributed by atoms with van der Waals surface area (Å²) in [7, 11) is 0. The van der Waals surface area contributed by atoms with E-state index in [1.807, 2.05) is 13.0 Å². The third-order valence-corrected chi connectivity index (χ3v) is 3.23. The van der Waals surface area contributed by atoms with E-state index in [4.69, 9.17) is 17.3 Å². The number of hydrogen-bond acceptors (Lipinski definition) is 1. The fourth-order valence-corrected chi connectivity index (χ4v) is 1.62. The minimum atomic E-state index is -0.349. The minimum absolute atomic E-state index is 0.230. The average molecular weight is 263 g/mol. The van der Waals surface area contributed by atoms with Gasteiger partial charge in [0.15, 0.2) is 0 Å². The van der Waals surface area contributed by atoms with Crippen LogP contribution in [0.4, 0.5) is 0 Å². The molecule has 0 aromatic heterocycles. The van der Waals surface area contributed by atoms with E-state index >= 15 is 0 Å². The molecule has 2 nitrogen and oxygen atoms in total. The lowest BCUT2D eigenvalue weighted by molar-refractivity contribution is -0.117. The van der Waals surface area contributed by atoms with Crippen molar-refractivity contribution >= 4 is 33.4 Å². The van der Waals surface area contributed by atoms with Gasteiger partial charge in [-0.1, -0.05) is 17.7 Å². The monoisotopic (exact) mass is 261 g/mol. The molecule has 0 saturated heterocycles. The predicted molar refractivity (Wildman–Crippen MR) is 56.8 cm³/mol. The number of rotatable bonds is 2. The maximum Gasteiger partial charge on any atom is 0.221 e. The number of primary amides is 1. The molecule has 1 aromatic carbocycles. The predicted octanol–water partition coefficient (Wildman–Crippen LogP) is 2.44. The van der Waals surface area contributed by atoms with Crippen molar-refractivity contribution in [2.75, 3.05) is 0 Å². The summed E-state index contributed by atoms with van der Waals surface area (Å²) in [4.78, 5) is 10.6. The topological polar surface area (TPSA) is 43.1 Å². The summed E-state index contributed by atoms with van der Waals surface area (Å²) in [5.74, 6) is -0.349. The first-order valence-electron chi connectivity index (χ1n) is 3.73. The molecule has 2 N–H and O–H groups in total. The van der Waals surface area contributed by atoms with E-state index in [0.29, 0.717) is 5.02 Å². The second-order valence-electron chi connectivity index (χ2n) is 2.85. The van der Waals surface area contributed by atoms with Crippen LogP contribution in [0.3, 0.4) is 0 Å². The summed E-state index contributed by atoms with van der Waals surface area (Å²) in [5.41, 5.74) is 6.92. The Morgan fingerprint density at radius 3 is 2.69 bits per heavy atom. The smallest absolute Gasteiger partial charge is 0.221 e. The number of nitrogens with two attached hydrogens (primary N) is 1. The molecule has 0 radical (unpaired) electrons. The molecular weight excluding hydrogens is 253 g/mol. The molecule has 0 aliphatic carbocycles. The maximum atomic E-state index is 10.6. The lowest BCUT2D eigenvalue weighted by Crippen LogP contribution is -2.13. The van der Waals surface area contributed by atoms with Crippen LogP contribution in [0.25, 0.3) is 0 Å². The highest BCUT2D eigenvalue weighted by atomic mass is 79.9. The Morgan fingerprint density at radius 1 is 1.62 bits per heavy atom. The van der Waals surface area contributed by atoms with E-state index in [-0.39, 0.29) is 12.3 Å².